The number of nitrogens with one attached hydrogen (secondary N) is 1. The lowest BCUT2D eigenvalue weighted by Gasteiger charge is -2.33. The van der Waals surface area contributed by atoms with Crippen LogP contribution in [0.2, 0.25) is 0 Å². The van der Waals surface area contributed by atoms with Crippen molar-refractivity contribution < 1.29 is 9.59 Å². The van der Waals surface area contributed by atoms with E-state index in [2.05, 4.69) is 12.2 Å². The van der Waals surface area contributed by atoms with Crippen LogP contribution in [0.1, 0.15) is 26.2 Å². The van der Waals surface area contributed by atoms with Gasteiger partial charge in [-0.05, 0) is 18.8 Å². The van der Waals surface area contributed by atoms with Gasteiger partial charge in [0.25, 0.3) is 0 Å². The summed E-state index contributed by atoms with van der Waals surface area (Å²) < 4.78 is 0. The number of hydrogen-bond donors (Lipinski definition) is 2. The van der Waals surface area contributed by atoms with E-state index >= 15 is 0 Å². The normalized spacial score (nSPS) is 28.6. The Morgan fingerprint density at radius 3 is 2.53 bits per heavy atom. The molecule has 0 aromatic carbocycles. The fourth-order valence-electron chi connectivity index (χ4n) is 2.35. The first-order valence-corrected chi connectivity index (χ1v) is 6.17. The van der Waals surface area contributed by atoms with Crippen LogP contribution in [0.15, 0.2) is 0 Å². The summed E-state index contributed by atoms with van der Waals surface area (Å²) in [6.45, 7) is 2.11. The lowest BCUT2D eigenvalue weighted by molar-refractivity contribution is -0.133. The van der Waals surface area contributed by atoms with Gasteiger partial charge in [-0.3, -0.25) is 9.59 Å². The minimum atomic E-state index is -0.154. The highest BCUT2D eigenvalue weighted by Gasteiger charge is 2.33. The number of nitrogens with two attached hydrogens (primary N) is 1. The molecule has 1 rings (SSSR count). The van der Waals surface area contributed by atoms with Crippen molar-refractivity contribution >= 4 is 11.8 Å². The fraction of sp³-hybridized carbons (Fsp3) is 0.833. The smallest absolute Gasteiger partial charge is 0.241 e. The maximum atomic E-state index is 12.0. The Morgan fingerprint density at radius 1 is 1.35 bits per heavy atom. The second-order valence-electron chi connectivity index (χ2n) is 5.10. The maximum Gasteiger partial charge on any atom is 0.241 e. The molecule has 5 heteroatoms. The highest BCUT2D eigenvalue weighted by Crippen LogP contribution is 2.28. The first-order chi connectivity index (χ1) is 7.93. The zero-order chi connectivity index (χ0) is 13.0. The lowest BCUT2D eigenvalue weighted by Crippen LogP contribution is -2.49. The Morgan fingerprint density at radius 2 is 2.00 bits per heavy atom. The third-order valence-corrected chi connectivity index (χ3v) is 3.49. The molecule has 2 amide bonds. The Balaban J connectivity index is 2.48. The van der Waals surface area contributed by atoms with Crippen molar-refractivity contribution in [3.8, 4) is 0 Å². The molecule has 0 heterocycles. The minimum absolute atomic E-state index is 0.0573. The predicted molar refractivity (Wildman–Crippen MR) is 66.2 cm³/mol. The van der Waals surface area contributed by atoms with Crippen molar-refractivity contribution in [1.82, 2.24) is 10.2 Å². The van der Waals surface area contributed by atoms with Crippen molar-refractivity contribution in [2.24, 2.45) is 17.6 Å². The van der Waals surface area contributed by atoms with Crippen LogP contribution in [0.5, 0.6) is 0 Å². The minimum Gasteiger partial charge on any atom is -0.347 e. The summed E-state index contributed by atoms with van der Waals surface area (Å²) >= 11 is 0. The summed E-state index contributed by atoms with van der Waals surface area (Å²) in [5, 5.41) is 2.68. The van der Waals surface area contributed by atoms with E-state index in [4.69, 9.17) is 5.73 Å². The Hall–Kier alpha value is -1.10. The molecule has 0 spiro atoms. The van der Waals surface area contributed by atoms with Crippen molar-refractivity contribution in [2.45, 2.75) is 32.2 Å². The van der Waals surface area contributed by atoms with Gasteiger partial charge in [0.2, 0.25) is 11.8 Å². The van der Waals surface area contributed by atoms with Gasteiger partial charge in [-0.25, -0.2) is 0 Å². The summed E-state index contributed by atoms with van der Waals surface area (Å²) in [6.07, 6.45) is 3.01. The topological polar surface area (TPSA) is 75.4 Å². The molecule has 1 fully saturated rings. The van der Waals surface area contributed by atoms with Crippen molar-refractivity contribution in [3.63, 3.8) is 0 Å². The summed E-state index contributed by atoms with van der Waals surface area (Å²) in [5.41, 5.74) is 5.98. The molecule has 98 valence electrons. The van der Waals surface area contributed by atoms with E-state index in [0.29, 0.717) is 5.92 Å². The van der Waals surface area contributed by atoms with Gasteiger partial charge in [0.05, 0.1) is 12.5 Å². The second-order valence-corrected chi connectivity index (χ2v) is 5.10. The molecule has 0 radical (unpaired) electrons. The summed E-state index contributed by atoms with van der Waals surface area (Å²) in [5.74, 6) is -0.0396. The van der Waals surface area contributed by atoms with Crippen LogP contribution in [0.4, 0.5) is 0 Å². The van der Waals surface area contributed by atoms with Gasteiger partial charge in [0.1, 0.15) is 0 Å². The van der Waals surface area contributed by atoms with Gasteiger partial charge in [-0.2, -0.15) is 0 Å². The van der Waals surface area contributed by atoms with Crippen molar-refractivity contribution in [1.29, 1.82) is 0 Å². The largest absolute Gasteiger partial charge is 0.347 e. The van der Waals surface area contributed by atoms with E-state index in [1.54, 1.807) is 14.1 Å². The molecule has 1 aliphatic carbocycles. The zero-order valence-corrected chi connectivity index (χ0v) is 10.9. The molecule has 0 aliphatic heterocycles. The molecule has 17 heavy (non-hydrogen) atoms. The number of likely N-dealkylation sites (N-methyl/N-ethyl adjacent to an activating group) is 1. The van der Waals surface area contributed by atoms with Crippen LogP contribution in [0.25, 0.3) is 0 Å². The standard InChI is InChI=1S/C12H23N3O2/c1-8-5-4-6-9(13)11(8)12(17)14-7-10(16)15(2)3/h8-9,11H,4-7,13H2,1-3H3,(H,14,17). The highest BCUT2D eigenvalue weighted by atomic mass is 16.2. The molecule has 3 atom stereocenters. The molecular formula is C12H23N3O2. The third kappa shape index (κ3) is 3.70. The Bertz CT molecular complexity index is 281. The van der Waals surface area contributed by atoms with Crippen LogP contribution in [-0.4, -0.2) is 43.4 Å². The molecule has 0 saturated heterocycles. The zero-order valence-electron chi connectivity index (χ0n) is 10.9. The summed E-state index contributed by atoms with van der Waals surface area (Å²) in [4.78, 5) is 24.8. The predicted octanol–water partition coefficient (Wildman–Crippen LogP) is -0.0457. The Labute approximate surface area is 103 Å². The number of carbonyl (C=O) groups excluding carboxylic acids is 2. The van der Waals surface area contributed by atoms with Crippen LogP contribution in [0, 0.1) is 11.8 Å². The van der Waals surface area contributed by atoms with Crippen LogP contribution >= 0.6 is 0 Å². The van der Waals surface area contributed by atoms with Crippen molar-refractivity contribution in [3.05, 3.63) is 0 Å². The number of rotatable bonds is 3. The molecule has 3 N–H and O–H groups in total. The molecular weight excluding hydrogens is 218 g/mol. The van der Waals surface area contributed by atoms with E-state index in [9.17, 15) is 9.59 Å². The van der Waals surface area contributed by atoms with Crippen molar-refractivity contribution in [2.75, 3.05) is 20.6 Å². The van der Waals surface area contributed by atoms with Gasteiger partial charge in [0.15, 0.2) is 0 Å². The molecule has 0 bridgehead atoms. The lowest BCUT2D eigenvalue weighted by atomic mass is 9.76. The average molecular weight is 241 g/mol. The van der Waals surface area contributed by atoms with Gasteiger partial charge in [-0.15, -0.1) is 0 Å². The molecule has 5 nitrogen and oxygen atoms in total. The van der Waals surface area contributed by atoms with E-state index in [1.807, 2.05) is 0 Å². The van der Waals surface area contributed by atoms with E-state index in [-0.39, 0.29) is 30.3 Å². The quantitative estimate of drug-likeness (QED) is 0.727. The summed E-state index contributed by atoms with van der Waals surface area (Å²) in [7, 11) is 3.34. The number of carbonyl (C=O) groups is 2. The second kappa shape index (κ2) is 6.00. The SMILES string of the molecule is CC1CCCC(N)C1C(=O)NCC(=O)N(C)C. The average Bonchev–Trinajstić information content (AvgIpc) is 2.25. The van der Waals surface area contributed by atoms with Gasteiger partial charge in [-0.1, -0.05) is 13.3 Å². The van der Waals surface area contributed by atoms with E-state index < -0.39 is 0 Å². The summed E-state index contributed by atoms with van der Waals surface area (Å²) in [6, 6.07) is -0.0757. The molecule has 1 aliphatic rings. The maximum absolute atomic E-state index is 12.0. The van der Waals surface area contributed by atoms with E-state index in [1.165, 1.54) is 4.90 Å². The number of amides is 2. The monoisotopic (exact) mass is 241 g/mol. The van der Waals surface area contributed by atoms with Crippen LogP contribution in [-0.2, 0) is 9.59 Å². The van der Waals surface area contributed by atoms with Gasteiger partial charge >= 0.3 is 0 Å². The van der Waals surface area contributed by atoms with Crippen LogP contribution in [0.3, 0.4) is 0 Å². The number of hydrogen-bond acceptors (Lipinski definition) is 3. The van der Waals surface area contributed by atoms with Gasteiger partial charge in [0, 0.05) is 20.1 Å². The van der Waals surface area contributed by atoms with E-state index in [0.717, 1.165) is 19.3 Å². The number of nitrogens with zero attached hydrogens (tertiary/aromatic N) is 1. The van der Waals surface area contributed by atoms with Gasteiger partial charge < -0.3 is 16.0 Å². The third-order valence-electron chi connectivity index (χ3n) is 3.49. The molecule has 0 aromatic heterocycles. The first kappa shape index (κ1) is 14.0. The van der Waals surface area contributed by atoms with Crippen LogP contribution < -0.4 is 11.1 Å². The molecule has 0 aromatic rings. The fourth-order valence-corrected chi connectivity index (χ4v) is 2.35. The molecule has 3 unspecified atom stereocenters. The highest BCUT2D eigenvalue weighted by molar-refractivity contribution is 5.86. The Kier molecular flexibility index (Phi) is 4.93. The first-order valence-electron chi connectivity index (χ1n) is 6.17. The molecule has 1 saturated carbocycles.